The van der Waals surface area contributed by atoms with E-state index in [0.717, 1.165) is 36.1 Å². The van der Waals surface area contributed by atoms with Crippen LogP contribution in [0, 0.1) is 5.92 Å². The topological polar surface area (TPSA) is 117 Å². The lowest BCUT2D eigenvalue weighted by Gasteiger charge is -2.26. The third-order valence-electron chi connectivity index (χ3n) is 7.04. The molecule has 1 saturated carbocycles. The molecular weight excluding hydrogens is 476 g/mol. The van der Waals surface area contributed by atoms with Crippen molar-refractivity contribution in [3.63, 3.8) is 0 Å². The van der Waals surface area contributed by atoms with Gasteiger partial charge >= 0.3 is 11.9 Å². The third kappa shape index (κ3) is 5.58. The van der Waals surface area contributed by atoms with Gasteiger partial charge in [0.05, 0.1) is 6.54 Å². The summed E-state index contributed by atoms with van der Waals surface area (Å²) in [4.78, 5) is 52.7. The summed E-state index contributed by atoms with van der Waals surface area (Å²) in [6.45, 7) is 0.475. The van der Waals surface area contributed by atoms with Crippen molar-refractivity contribution in [2.75, 3.05) is 19.9 Å². The SMILES string of the molecule is O=C(CCCN1C(=O)C2C=CC=CC2=[N+](CC(=O)NC2CCCC2)C1=O)NCc1ccc2c(c1)OCO2. The lowest BCUT2D eigenvalue weighted by molar-refractivity contribution is -0.428. The van der Waals surface area contributed by atoms with Crippen molar-refractivity contribution in [1.82, 2.24) is 15.5 Å². The predicted octanol–water partition coefficient (Wildman–Crippen LogP) is 2.03. The molecule has 1 atom stereocenters. The summed E-state index contributed by atoms with van der Waals surface area (Å²) in [6.07, 6.45) is 11.5. The molecule has 0 aromatic heterocycles. The Morgan fingerprint density at radius 3 is 2.70 bits per heavy atom. The summed E-state index contributed by atoms with van der Waals surface area (Å²) in [5, 5.41) is 5.86. The number of allylic oxidation sites excluding steroid dienone is 3. The van der Waals surface area contributed by atoms with Gasteiger partial charge in [-0.2, -0.15) is 14.3 Å². The van der Waals surface area contributed by atoms with Crippen LogP contribution >= 0.6 is 0 Å². The van der Waals surface area contributed by atoms with Crippen LogP contribution in [0.1, 0.15) is 44.1 Å². The molecule has 2 N–H and O–H groups in total. The number of amides is 5. The fraction of sp³-hybridized carbons (Fsp3) is 0.444. The number of hydrogen-bond acceptors (Lipinski definition) is 6. The minimum Gasteiger partial charge on any atom is -0.454 e. The highest BCUT2D eigenvalue weighted by Crippen LogP contribution is 2.32. The molecule has 194 valence electrons. The van der Waals surface area contributed by atoms with Crippen molar-refractivity contribution < 1.29 is 33.2 Å². The summed E-state index contributed by atoms with van der Waals surface area (Å²) in [5.41, 5.74) is 1.39. The molecule has 10 nitrogen and oxygen atoms in total. The number of benzene rings is 1. The summed E-state index contributed by atoms with van der Waals surface area (Å²) in [6, 6.07) is 5.10. The van der Waals surface area contributed by atoms with Gasteiger partial charge in [-0.05, 0) is 43.0 Å². The monoisotopic (exact) mass is 507 g/mol. The molecule has 2 aliphatic carbocycles. The minimum atomic E-state index is -0.623. The zero-order valence-electron chi connectivity index (χ0n) is 20.6. The van der Waals surface area contributed by atoms with Crippen LogP contribution in [0.25, 0.3) is 0 Å². The maximum atomic E-state index is 13.3. The first-order chi connectivity index (χ1) is 18.0. The molecule has 1 unspecified atom stereocenters. The average molecular weight is 508 g/mol. The second-order valence-electron chi connectivity index (χ2n) is 9.62. The number of carbonyl (C=O) groups is 4. The summed E-state index contributed by atoms with van der Waals surface area (Å²) in [5.74, 6) is -0.0461. The fourth-order valence-corrected chi connectivity index (χ4v) is 5.11. The first-order valence-corrected chi connectivity index (χ1v) is 12.8. The maximum absolute atomic E-state index is 13.3. The van der Waals surface area contributed by atoms with E-state index in [9.17, 15) is 19.2 Å². The van der Waals surface area contributed by atoms with Crippen LogP contribution in [-0.4, -0.2) is 64.9 Å². The predicted molar refractivity (Wildman–Crippen MR) is 133 cm³/mol. The number of urea groups is 1. The Hall–Kier alpha value is -3.95. The van der Waals surface area contributed by atoms with Gasteiger partial charge in [0.25, 0.3) is 5.91 Å². The molecule has 0 spiro atoms. The second-order valence-corrected chi connectivity index (χ2v) is 9.62. The lowest BCUT2D eigenvalue weighted by Crippen LogP contribution is -2.56. The highest BCUT2D eigenvalue weighted by Gasteiger charge is 2.47. The van der Waals surface area contributed by atoms with Gasteiger partial charge in [-0.25, -0.2) is 4.79 Å². The highest BCUT2D eigenvalue weighted by atomic mass is 16.7. The van der Waals surface area contributed by atoms with Gasteiger partial charge in [0, 0.05) is 19.0 Å². The molecular formula is C27H31N4O6+. The number of hydrogen-bond donors (Lipinski definition) is 2. The average Bonchev–Trinajstić information content (AvgIpc) is 3.59. The Bertz CT molecular complexity index is 1200. The number of carbonyl (C=O) groups excluding carboxylic acids is 4. The van der Waals surface area contributed by atoms with Gasteiger partial charge < -0.3 is 20.1 Å². The van der Waals surface area contributed by atoms with E-state index >= 15 is 0 Å². The molecule has 0 bridgehead atoms. The number of imide groups is 1. The van der Waals surface area contributed by atoms with Crippen molar-refractivity contribution in [2.24, 2.45) is 5.92 Å². The van der Waals surface area contributed by atoms with Crippen LogP contribution in [0.3, 0.4) is 0 Å². The summed E-state index contributed by atoms with van der Waals surface area (Å²) < 4.78 is 12.0. The van der Waals surface area contributed by atoms with E-state index in [-0.39, 0.29) is 50.1 Å². The minimum absolute atomic E-state index is 0.0944. The molecule has 0 radical (unpaired) electrons. The van der Waals surface area contributed by atoms with Gasteiger partial charge in [-0.3, -0.25) is 9.59 Å². The maximum Gasteiger partial charge on any atom is 0.501 e. The Morgan fingerprint density at radius 1 is 1.05 bits per heavy atom. The summed E-state index contributed by atoms with van der Waals surface area (Å²) in [7, 11) is 0. The van der Waals surface area contributed by atoms with E-state index in [2.05, 4.69) is 10.6 Å². The van der Waals surface area contributed by atoms with Crippen molar-refractivity contribution >= 4 is 29.5 Å². The highest BCUT2D eigenvalue weighted by molar-refractivity contribution is 6.16. The van der Waals surface area contributed by atoms with Crippen molar-refractivity contribution in [3.05, 3.63) is 48.1 Å². The Kier molecular flexibility index (Phi) is 7.34. The first-order valence-electron chi connectivity index (χ1n) is 12.8. The molecule has 1 fully saturated rings. The van der Waals surface area contributed by atoms with Gasteiger partial charge in [0.2, 0.25) is 12.7 Å². The number of fused-ring (bicyclic) bond motifs is 2. The molecule has 2 heterocycles. The molecule has 37 heavy (non-hydrogen) atoms. The number of ether oxygens (including phenoxy) is 2. The van der Waals surface area contributed by atoms with Crippen LogP contribution in [0.4, 0.5) is 4.79 Å². The van der Waals surface area contributed by atoms with E-state index < -0.39 is 11.9 Å². The van der Waals surface area contributed by atoms with E-state index in [1.54, 1.807) is 30.4 Å². The van der Waals surface area contributed by atoms with Gasteiger partial charge in [0.1, 0.15) is 11.6 Å². The van der Waals surface area contributed by atoms with E-state index in [1.807, 2.05) is 12.1 Å². The van der Waals surface area contributed by atoms with Gasteiger partial charge in [-0.15, -0.1) is 0 Å². The first kappa shape index (κ1) is 24.7. The molecule has 1 aromatic carbocycles. The molecule has 4 aliphatic rings. The molecule has 10 heteroatoms. The Labute approximate surface area is 215 Å². The smallest absolute Gasteiger partial charge is 0.454 e. The van der Waals surface area contributed by atoms with Gasteiger partial charge in [-0.1, -0.05) is 37.1 Å². The van der Waals surface area contributed by atoms with Crippen molar-refractivity contribution in [3.8, 4) is 11.5 Å². The zero-order chi connectivity index (χ0) is 25.8. The van der Waals surface area contributed by atoms with Crippen molar-refractivity contribution in [1.29, 1.82) is 0 Å². The molecule has 2 aliphatic heterocycles. The van der Waals surface area contributed by atoms with Gasteiger partial charge in [0.15, 0.2) is 18.0 Å². The Morgan fingerprint density at radius 2 is 1.86 bits per heavy atom. The van der Waals surface area contributed by atoms with Crippen molar-refractivity contribution in [2.45, 2.75) is 51.1 Å². The summed E-state index contributed by atoms with van der Waals surface area (Å²) >= 11 is 0. The third-order valence-corrected chi connectivity index (χ3v) is 7.04. The molecule has 5 rings (SSSR count). The number of nitrogens with zero attached hydrogens (tertiary/aromatic N) is 2. The zero-order valence-corrected chi connectivity index (χ0v) is 20.6. The van der Waals surface area contributed by atoms with Crippen LogP contribution in [-0.2, 0) is 20.9 Å². The molecule has 0 saturated heterocycles. The lowest BCUT2D eigenvalue weighted by atomic mass is 9.94. The van der Waals surface area contributed by atoms with E-state index in [4.69, 9.17) is 9.47 Å². The normalized spacial score (nSPS) is 20.4. The van der Waals surface area contributed by atoms with Crippen LogP contribution in [0.5, 0.6) is 11.5 Å². The van der Waals surface area contributed by atoms with Crippen LogP contribution in [0.2, 0.25) is 0 Å². The van der Waals surface area contributed by atoms with Crippen LogP contribution < -0.4 is 20.1 Å². The van der Waals surface area contributed by atoms with Crippen LogP contribution in [0.15, 0.2) is 42.5 Å². The second kappa shape index (κ2) is 11.0. The standard InChI is InChI=1S/C27H30N4O6/c32-24(28-15-18-11-12-22-23(14-18)37-17-36-22)10-5-13-30-26(34)20-8-3-4-9-21(20)31(27(30)35)16-25(33)29-19-6-1-2-7-19/h3-4,8-9,11-12,14,19-20H,1-2,5-7,10,13,15-17H2,(H-,28,29,32,33)/p+1. The largest absolute Gasteiger partial charge is 0.501 e. The molecule has 5 amide bonds. The fourth-order valence-electron chi connectivity index (χ4n) is 5.11. The Balaban J connectivity index is 1.16. The quantitative estimate of drug-likeness (QED) is 0.494. The van der Waals surface area contributed by atoms with E-state index in [0.29, 0.717) is 30.2 Å². The number of nitrogens with one attached hydrogen (secondary N) is 2. The number of rotatable bonds is 9. The molecule has 1 aromatic rings. The van der Waals surface area contributed by atoms with E-state index in [1.165, 1.54) is 4.58 Å².